The quantitative estimate of drug-likeness (QED) is 0.505. The fraction of sp³-hybridized carbons (Fsp3) is 0.562. The molecule has 0 radical (unpaired) electrons. The van der Waals surface area contributed by atoms with E-state index in [2.05, 4.69) is 0 Å². The van der Waals surface area contributed by atoms with Crippen molar-refractivity contribution < 1.29 is 27.6 Å². The SMILES string of the molecule is COc1ccc([N+](=O)[O-])cc1S(=O)(=O)N(C)CCN(C)C(=O)OC(C)(C)C. The Kier molecular flexibility index (Phi) is 7.15. The molecule has 0 aliphatic carbocycles. The number of hydrogen-bond donors (Lipinski definition) is 0. The molecule has 0 spiro atoms. The van der Waals surface area contributed by atoms with Crippen molar-refractivity contribution in [1.29, 1.82) is 0 Å². The smallest absolute Gasteiger partial charge is 0.410 e. The van der Waals surface area contributed by atoms with Crippen LogP contribution in [0.5, 0.6) is 5.75 Å². The van der Waals surface area contributed by atoms with Crippen molar-refractivity contribution in [2.75, 3.05) is 34.3 Å². The van der Waals surface area contributed by atoms with E-state index in [1.54, 1.807) is 20.8 Å². The molecule has 1 rings (SSSR count). The molecule has 10 nitrogen and oxygen atoms in total. The lowest BCUT2D eigenvalue weighted by Crippen LogP contribution is -2.40. The molecule has 0 fully saturated rings. The molecule has 0 N–H and O–H groups in total. The van der Waals surface area contributed by atoms with Gasteiger partial charge in [0.25, 0.3) is 5.69 Å². The van der Waals surface area contributed by atoms with Gasteiger partial charge in [-0.3, -0.25) is 10.1 Å². The molecular weight excluding hydrogens is 378 g/mol. The topological polar surface area (TPSA) is 119 Å². The van der Waals surface area contributed by atoms with E-state index in [0.717, 1.165) is 16.4 Å². The van der Waals surface area contributed by atoms with Gasteiger partial charge in [-0.25, -0.2) is 13.2 Å². The zero-order valence-corrected chi connectivity index (χ0v) is 17.1. The second-order valence-corrected chi connectivity index (χ2v) is 8.83. The highest BCUT2D eigenvalue weighted by molar-refractivity contribution is 7.89. The third kappa shape index (κ3) is 6.07. The average Bonchev–Trinajstić information content (AvgIpc) is 2.56. The molecule has 0 saturated heterocycles. The number of carbonyl (C=O) groups is 1. The van der Waals surface area contributed by atoms with Crippen LogP contribution in [0.4, 0.5) is 10.5 Å². The number of nitro groups is 1. The van der Waals surface area contributed by atoms with Gasteiger partial charge in [0, 0.05) is 39.3 Å². The number of sulfonamides is 1. The van der Waals surface area contributed by atoms with Gasteiger partial charge in [-0.05, 0) is 26.8 Å². The molecular formula is C16H25N3O7S. The summed E-state index contributed by atoms with van der Waals surface area (Å²) in [4.78, 5) is 23.2. The summed E-state index contributed by atoms with van der Waals surface area (Å²) in [6, 6.07) is 3.34. The average molecular weight is 403 g/mol. The Balaban J connectivity index is 2.97. The van der Waals surface area contributed by atoms with E-state index < -0.39 is 26.6 Å². The predicted octanol–water partition coefficient (Wildman–Crippen LogP) is 2.09. The minimum atomic E-state index is -4.07. The van der Waals surface area contributed by atoms with Crippen molar-refractivity contribution >= 4 is 21.8 Å². The fourth-order valence-electron chi connectivity index (χ4n) is 1.99. The first-order chi connectivity index (χ1) is 12.3. The number of carbonyl (C=O) groups excluding carboxylic acids is 1. The van der Waals surface area contributed by atoms with Gasteiger partial charge in [0.15, 0.2) is 0 Å². The molecule has 0 bridgehead atoms. The van der Waals surface area contributed by atoms with Crippen LogP contribution in [0.2, 0.25) is 0 Å². The number of hydrogen-bond acceptors (Lipinski definition) is 7. The summed E-state index contributed by atoms with van der Waals surface area (Å²) < 4.78 is 36.8. The van der Waals surface area contributed by atoms with Crippen molar-refractivity contribution in [3.8, 4) is 5.75 Å². The predicted molar refractivity (Wildman–Crippen MR) is 98.3 cm³/mol. The first-order valence-corrected chi connectivity index (χ1v) is 9.46. The largest absolute Gasteiger partial charge is 0.495 e. The van der Waals surface area contributed by atoms with Crippen molar-refractivity contribution in [3.63, 3.8) is 0 Å². The maximum absolute atomic E-state index is 12.8. The van der Waals surface area contributed by atoms with Crippen molar-refractivity contribution in [3.05, 3.63) is 28.3 Å². The monoisotopic (exact) mass is 403 g/mol. The zero-order chi connectivity index (χ0) is 21.0. The Hall–Kier alpha value is -2.40. The van der Waals surface area contributed by atoms with E-state index in [9.17, 15) is 23.3 Å². The Morgan fingerprint density at radius 3 is 2.30 bits per heavy atom. The molecule has 152 valence electrons. The van der Waals surface area contributed by atoms with Gasteiger partial charge in [-0.15, -0.1) is 0 Å². The van der Waals surface area contributed by atoms with Gasteiger partial charge in [-0.1, -0.05) is 0 Å². The number of methoxy groups -OCH3 is 1. The Bertz CT molecular complexity index is 803. The maximum Gasteiger partial charge on any atom is 0.410 e. The van der Waals surface area contributed by atoms with Crippen LogP contribution in [0, 0.1) is 10.1 Å². The van der Waals surface area contributed by atoms with Crippen LogP contribution in [0.15, 0.2) is 23.1 Å². The number of amides is 1. The van der Waals surface area contributed by atoms with Crippen LogP contribution >= 0.6 is 0 Å². The van der Waals surface area contributed by atoms with Gasteiger partial charge < -0.3 is 14.4 Å². The number of rotatable bonds is 7. The van der Waals surface area contributed by atoms with Crippen LogP contribution in [0.3, 0.4) is 0 Å². The second-order valence-electron chi connectivity index (χ2n) is 6.82. The van der Waals surface area contributed by atoms with Gasteiger partial charge in [0.2, 0.25) is 10.0 Å². The summed E-state index contributed by atoms with van der Waals surface area (Å²) in [6.07, 6.45) is -0.582. The molecule has 0 saturated carbocycles. The number of non-ortho nitro benzene ring substituents is 1. The highest BCUT2D eigenvalue weighted by Crippen LogP contribution is 2.30. The summed E-state index contributed by atoms with van der Waals surface area (Å²) in [5, 5.41) is 11.0. The molecule has 0 aromatic heterocycles. The van der Waals surface area contributed by atoms with Crippen LogP contribution < -0.4 is 4.74 Å². The summed E-state index contributed by atoms with van der Waals surface area (Å²) >= 11 is 0. The van der Waals surface area contributed by atoms with Gasteiger partial charge in [-0.2, -0.15) is 4.31 Å². The second kappa shape index (κ2) is 8.53. The van der Waals surface area contributed by atoms with Crippen LogP contribution in [-0.4, -0.2) is 68.5 Å². The zero-order valence-electron chi connectivity index (χ0n) is 16.3. The molecule has 0 aliphatic rings. The number of nitro benzene ring substituents is 1. The normalized spacial score (nSPS) is 12.0. The Morgan fingerprint density at radius 1 is 1.22 bits per heavy atom. The van der Waals surface area contributed by atoms with E-state index in [1.165, 1.54) is 32.2 Å². The van der Waals surface area contributed by atoms with E-state index in [4.69, 9.17) is 9.47 Å². The molecule has 1 aromatic carbocycles. The molecule has 11 heteroatoms. The van der Waals surface area contributed by atoms with E-state index >= 15 is 0 Å². The summed E-state index contributed by atoms with van der Waals surface area (Å²) in [5.41, 5.74) is -1.03. The maximum atomic E-state index is 12.8. The Morgan fingerprint density at radius 2 is 1.81 bits per heavy atom. The first-order valence-electron chi connectivity index (χ1n) is 8.02. The minimum absolute atomic E-state index is 0.00653. The lowest BCUT2D eigenvalue weighted by molar-refractivity contribution is -0.385. The van der Waals surface area contributed by atoms with Crippen molar-refractivity contribution in [2.45, 2.75) is 31.3 Å². The summed E-state index contributed by atoms with van der Waals surface area (Å²) in [7, 11) is 0.00970. The highest BCUT2D eigenvalue weighted by atomic mass is 32.2. The molecule has 0 unspecified atom stereocenters. The molecule has 0 aliphatic heterocycles. The number of likely N-dealkylation sites (N-methyl/N-ethyl adjacent to an activating group) is 2. The fourth-order valence-corrected chi connectivity index (χ4v) is 3.32. The molecule has 27 heavy (non-hydrogen) atoms. The lowest BCUT2D eigenvalue weighted by Gasteiger charge is -2.26. The van der Waals surface area contributed by atoms with E-state index in [1.807, 2.05) is 0 Å². The summed E-state index contributed by atoms with van der Waals surface area (Å²) in [5.74, 6) is -0.00653. The van der Waals surface area contributed by atoms with E-state index in [0.29, 0.717) is 0 Å². The Labute approximate surface area is 158 Å². The molecule has 0 atom stereocenters. The van der Waals surface area contributed by atoms with Gasteiger partial charge in [0.1, 0.15) is 16.2 Å². The minimum Gasteiger partial charge on any atom is -0.495 e. The number of nitrogens with zero attached hydrogens (tertiary/aromatic N) is 3. The lowest BCUT2D eigenvalue weighted by atomic mass is 10.2. The van der Waals surface area contributed by atoms with Crippen LogP contribution in [-0.2, 0) is 14.8 Å². The third-order valence-electron chi connectivity index (χ3n) is 3.50. The summed E-state index contributed by atoms with van der Waals surface area (Å²) in [6.45, 7) is 5.21. The van der Waals surface area contributed by atoms with E-state index in [-0.39, 0.29) is 29.4 Å². The standard InChI is InChI=1S/C16H25N3O7S/c1-16(2,3)26-15(20)17(4)9-10-18(5)27(23,24)14-11-12(19(21)22)7-8-13(14)25-6/h7-8,11H,9-10H2,1-6H3. The van der Waals surface area contributed by atoms with Gasteiger partial charge >= 0.3 is 6.09 Å². The molecule has 1 aromatic rings. The molecule has 0 heterocycles. The number of ether oxygens (including phenoxy) is 2. The van der Waals surface area contributed by atoms with Crippen LogP contribution in [0.1, 0.15) is 20.8 Å². The first kappa shape index (κ1) is 22.6. The highest BCUT2D eigenvalue weighted by Gasteiger charge is 2.28. The molecule has 1 amide bonds. The van der Waals surface area contributed by atoms with Crippen molar-refractivity contribution in [1.82, 2.24) is 9.21 Å². The third-order valence-corrected chi connectivity index (χ3v) is 5.38. The van der Waals surface area contributed by atoms with Crippen LogP contribution in [0.25, 0.3) is 0 Å². The van der Waals surface area contributed by atoms with Crippen molar-refractivity contribution in [2.24, 2.45) is 0 Å². The number of benzene rings is 1. The van der Waals surface area contributed by atoms with Gasteiger partial charge in [0.05, 0.1) is 12.0 Å².